The quantitative estimate of drug-likeness (QED) is 0.0988. The lowest BCUT2D eigenvalue weighted by Crippen LogP contribution is -2.51. The van der Waals surface area contributed by atoms with Crippen LogP contribution in [0.3, 0.4) is 0 Å². The van der Waals surface area contributed by atoms with Crippen molar-refractivity contribution in [1.29, 1.82) is 0 Å². The second-order valence-corrected chi connectivity index (χ2v) is 6.64. The van der Waals surface area contributed by atoms with Crippen LogP contribution >= 0.6 is 0 Å². The molecule has 12 heteroatoms. The Labute approximate surface area is 179 Å². The minimum Gasteiger partial charge on any atom is -0.480 e. The Morgan fingerprint density at radius 3 is 2.23 bits per heavy atom. The Morgan fingerprint density at radius 2 is 1.65 bits per heavy atom. The number of aliphatic imine (C=N–C) groups is 1. The number of aliphatic carboxylic acids is 1. The Hall–Kier alpha value is -3.67. The van der Waals surface area contributed by atoms with Crippen LogP contribution < -0.4 is 33.2 Å². The number of nitrogens with zero attached hydrogens (tertiary/aromatic N) is 1. The summed E-state index contributed by atoms with van der Waals surface area (Å²) in [6, 6.07) is 6.72. The molecule has 0 fully saturated rings. The van der Waals surface area contributed by atoms with Gasteiger partial charge in [0.05, 0.1) is 13.1 Å². The first-order valence-corrected chi connectivity index (χ1v) is 9.61. The lowest BCUT2D eigenvalue weighted by molar-refractivity contribution is -0.141. The number of guanidine groups is 1. The lowest BCUT2D eigenvalue weighted by atomic mass is 10.1. The van der Waals surface area contributed by atoms with Crippen molar-refractivity contribution in [2.24, 2.45) is 22.2 Å². The smallest absolute Gasteiger partial charge is 0.326 e. The third-order valence-electron chi connectivity index (χ3n) is 4.12. The molecular formula is C19H29N7O5. The summed E-state index contributed by atoms with van der Waals surface area (Å²) in [6.07, 6.45) is 0.697. The van der Waals surface area contributed by atoms with Gasteiger partial charge in [-0.3, -0.25) is 19.4 Å². The number of nitrogens with one attached hydrogen (secondary N) is 3. The molecule has 0 spiro atoms. The van der Waals surface area contributed by atoms with Gasteiger partial charge >= 0.3 is 5.97 Å². The number of hydrogen-bond acceptors (Lipinski definition) is 6. The summed E-state index contributed by atoms with van der Waals surface area (Å²) in [5.41, 5.74) is 16.5. The van der Waals surface area contributed by atoms with Gasteiger partial charge < -0.3 is 38.3 Å². The molecule has 0 bridgehead atoms. The van der Waals surface area contributed by atoms with Crippen LogP contribution in [0.2, 0.25) is 0 Å². The monoisotopic (exact) mass is 435 g/mol. The minimum absolute atomic E-state index is 0.0906. The van der Waals surface area contributed by atoms with Crippen molar-refractivity contribution in [2.75, 3.05) is 19.6 Å². The predicted molar refractivity (Wildman–Crippen MR) is 114 cm³/mol. The standard InChI is InChI=1S/C19H29N7O5/c20-10-15(27)25-13(7-4-8-23-19(21)22)17(29)24-11-16(28)26-14(18(30)31)9-12-5-2-1-3-6-12/h1-3,5-6,13-14H,4,7-11,20H2,(H,24,29)(H,25,27)(H,26,28)(H,30,31)(H4,21,22,23). The van der Waals surface area contributed by atoms with Gasteiger partial charge in [-0.1, -0.05) is 30.3 Å². The maximum absolute atomic E-state index is 12.4. The molecule has 10 N–H and O–H groups in total. The molecule has 0 heterocycles. The Balaban J connectivity index is 2.60. The van der Waals surface area contributed by atoms with Gasteiger partial charge in [0.2, 0.25) is 17.7 Å². The van der Waals surface area contributed by atoms with Gasteiger partial charge in [0.25, 0.3) is 0 Å². The summed E-state index contributed by atoms with van der Waals surface area (Å²) in [4.78, 5) is 51.3. The maximum Gasteiger partial charge on any atom is 0.326 e. The van der Waals surface area contributed by atoms with Gasteiger partial charge in [0.1, 0.15) is 12.1 Å². The van der Waals surface area contributed by atoms with Crippen LogP contribution in [0, 0.1) is 0 Å². The van der Waals surface area contributed by atoms with Gasteiger partial charge in [-0.2, -0.15) is 0 Å². The highest BCUT2D eigenvalue weighted by Crippen LogP contribution is 2.03. The number of carboxylic acids is 1. The third kappa shape index (κ3) is 10.6. The zero-order valence-electron chi connectivity index (χ0n) is 17.0. The normalized spacial score (nSPS) is 12.2. The van der Waals surface area contributed by atoms with Crippen molar-refractivity contribution in [3.05, 3.63) is 35.9 Å². The molecule has 0 radical (unpaired) electrons. The summed E-state index contributed by atoms with van der Waals surface area (Å²) >= 11 is 0. The average molecular weight is 435 g/mol. The Bertz CT molecular complexity index is 781. The van der Waals surface area contributed by atoms with Crippen molar-refractivity contribution in [3.63, 3.8) is 0 Å². The SMILES string of the molecule is NCC(=O)NC(CCCN=C(N)N)C(=O)NCC(=O)NC(Cc1ccccc1)C(=O)O. The molecule has 0 aliphatic carbocycles. The van der Waals surface area contributed by atoms with Crippen LogP contribution in [0.1, 0.15) is 18.4 Å². The van der Waals surface area contributed by atoms with Crippen LogP contribution in [0.25, 0.3) is 0 Å². The molecule has 0 saturated heterocycles. The minimum atomic E-state index is -1.20. The second kappa shape index (κ2) is 13.5. The number of rotatable bonds is 13. The second-order valence-electron chi connectivity index (χ2n) is 6.64. The maximum atomic E-state index is 12.4. The van der Waals surface area contributed by atoms with E-state index in [-0.39, 0.29) is 31.9 Å². The first-order chi connectivity index (χ1) is 14.7. The first kappa shape index (κ1) is 25.4. The highest BCUT2D eigenvalue weighted by Gasteiger charge is 2.23. The molecular weight excluding hydrogens is 406 g/mol. The van der Waals surface area contributed by atoms with Crippen LogP contribution in [-0.2, 0) is 25.6 Å². The van der Waals surface area contributed by atoms with E-state index >= 15 is 0 Å². The molecule has 0 aromatic heterocycles. The van der Waals surface area contributed by atoms with E-state index in [1.165, 1.54) is 0 Å². The number of carbonyl (C=O) groups is 4. The molecule has 170 valence electrons. The van der Waals surface area contributed by atoms with E-state index in [1.54, 1.807) is 30.3 Å². The van der Waals surface area contributed by atoms with Gasteiger partial charge in [-0.25, -0.2) is 4.79 Å². The Kier molecular flexibility index (Phi) is 11.1. The molecule has 1 rings (SSSR count). The summed E-state index contributed by atoms with van der Waals surface area (Å²) in [6.45, 7) is -0.511. The average Bonchev–Trinajstić information content (AvgIpc) is 2.73. The van der Waals surface area contributed by atoms with Crippen LogP contribution in [-0.4, -0.2) is 66.5 Å². The topological polar surface area (TPSA) is 215 Å². The molecule has 2 unspecified atom stereocenters. The fraction of sp³-hybridized carbons (Fsp3) is 0.421. The van der Waals surface area contributed by atoms with Crippen molar-refractivity contribution < 1.29 is 24.3 Å². The zero-order valence-corrected chi connectivity index (χ0v) is 17.0. The van der Waals surface area contributed by atoms with E-state index in [9.17, 15) is 24.3 Å². The third-order valence-corrected chi connectivity index (χ3v) is 4.12. The van der Waals surface area contributed by atoms with Gasteiger partial charge in [0.15, 0.2) is 5.96 Å². The molecule has 0 saturated carbocycles. The summed E-state index contributed by atoms with van der Waals surface area (Å²) in [5, 5.41) is 16.6. The predicted octanol–water partition coefficient (Wildman–Crippen LogP) is -2.59. The number of nitrogens with two attached hydrogens (primary N) is 3. The van der Waals surface area contributed by atoms with Gasteiger partial charge in [0, 0.05) is 13.0 Å². The van der Waals surface area contributed by atoms with E-state index in [2.05, 4.69) is 20.9 Å². The summed E-state index contributed by atoms with van der Waals surface area (Å²) in [5.74, 6) is -3.12. The van der Waals surface area contributed by atoms with Crippen molar-refractivity contribution in [2.45, 2.75) is 31.3 Å². The van der Waals surface area contributed by atoms with E-state index in [4.69, 9.17) is 17.2 Å². The van der Waals surface area contributed by atoms with E-state index in [0.29, 0.717) is 6.42 Å². The van der Waals surface area contributed by atoms with Crippen molar-refractivity contribution in [3.8, 4) is 0 Å². The fourth-order valence-electron chi connectivity index (χ4n) is 2.61. The van der Waals surface area contributed by atoms with Crippen molar-refractivity contribution in [1.82, 2.24) is 16.0 Å². The molecule has 1 aromatic rings. The van der Waals surface area contributed by atoms with E-state index < -0.39 is 42.3 Å². The molecule has 0 aliphatic rings. The largest absolute Gasteiger partial charge is 0.480 e. The molecule has 31 heavy (non-hydrogen) atoms. The molecule has 1 aromatic carbocycles. The van der Waals surface area contributed by atoms with Crippen molar-refractivity contribution >= 4 is 29.7 Å². The van der Waals surface area contributed by atoms with Crippen LogP contribution in [0.4, 0.5) is 0 Å². The molecule has 3 amide bonds. The zero-order chi connectivity index (χ0) is 23.2. The number of carboxylic acid groups (broad SMARTS) is 1. The Morgan fingerprint density at radius 1 is 1.00 bits per heavy atom. The highest BCUT2D eigenvalue weighted by atomic mass is 16.4. The van der Waals surface area contributed by atoms with Crippen LogP contribution in [0.15, 0.2) is 35.3 Å². The fourth-order valence-corrected chi connectivity index (χ4v) is 2.61. The molecule has 12 nitrogen and oxygen atoms in total. The molecule has 2 atom stereocenters. The lowest BCUT2D eigenvalue weighted by Gasteiger charge is -2.19. The van der Waals surface area contributed by atoms with E-state index in [0.717, 1.165) is 5.56 Å². The van der Waals surface area contributed by atoms with Gasteiger partial charge in [-0.15, -0.1) is 0 Å². The highest BCUT2D eigenvalue weighted by molar-refractivity contribution is 5.91. The number of hydrogen-bond donors (Lipinski definition) is 7. The van der Waals surface area contributed by atoms with Gasteiger partial charge in [-0.05, 0) is 18.4 Å². The number of amides is 3. The first-order valence-electron chi connectivity index (χ1n) is 9.61. The summed E-state index contributed by atoms with van der Waals surface area (Å²) < 4.78 is 0. The van der Waals surface area contributed by atoms with E-state index in [1.807, 2.05) is 0 Å². The van der Waals surface area contributed by atoms with Crippen LogP contribution in [0.5, 0.6) is 0 Å². The number of carbonyl (C=O) groups excluding carboxylic acids is 3. The molecule has 0 aliphatic heterocycles. The number of benzene rings is 1. The summed E-state index contributed by atoms with van der Waals surface area (Å²) in [7, 11) is 0.